The first-order chi connectivity index (χ1) is 23.2. The standard InChI is InChI=1S/C38H50FN7O2/c1-5-38(3)26-45(20-21-46(38)34(47)15-9-18-43-22-29(39)23-43)36-31-16-19-44(33-14-7-12-28-11-6-10-27(2)35(28)33)24-32(31)40-37(41-36)48-25-30-13-8-17-42(30)4/h6-7,9-12,14-15,29-30H,5,8,13,16-26H2,1-4H3/b15-9+/t30-,38+/m0/s1. The fourth-order valence-corrected chi connectivity index (χ4v) is 8.02. The maximum atomic E-state index is 13.5. The van der Waals surface area contributed by atoms with Crippen LogP contribution in [-0.2, 0) is 17.8 Å². The van der Waals surface area contributed by atoms with E-state index >= 15 is 0 Å². The van der Waals surface area contributed by atoms with Gasteiger partial charge in [0.15, 0.2) is 0 Å². The average molecular weight is 656 g/mol. The number of rotatable bonds is 9. The molecule has 256 valence electrons. The number of aromatic nitrogens is 2. The fraction of sp³-hybridized carbons (Fsp3) is 0.553. The number of piperazine rings is 1. The number of anilines is 2. The summed E-state index contributed by atoms with van der Waals surface area (Å²) in [6, 6.07) is 13.9. The summed E-state index contributed by atoms with van der Waals surface area (Å²) in [4.78, 5) is 34.9. The van der Waals surface area contributed by atoms with Crippen molar-refractivity contribution in [3.63, 3.8) is 0 Å². The lowest BCUT2D eigenvalue weighted by atomic mass is 9.92. The third-order valence-corrected chi connectivity index (χ3v) is 11.2. The van der Waals surface area contributed by atoms with Gasteiger partial charge in [0.2, 0.25) is 5.91 Å². The molecule has 5 heterocycles. The molecule has 1 amide bonds. The Morgan fingerprint density at radius 2 is 1.90 bits per heavy atom. The molecule has 0 spiro atoms. The molecule has 1 aromatic heterocycles. The Hall–Kier alpha value is -3.76. The molecule has 0 radical (unpaired) electrons. The molecule has 0 unspecified atom stereocenters. The van der Waals surface area contributed by atoms with Gasteiger partial charge in [-0.15, -0.1) is 0 Å². The van der Waals surface area contributed by atoms with Crippen LogP contribution < -0.4 is 14.5 Å². The largest absolute Gasteiger partial charge is 0.462 e. The Morgan fingerprint density at radius 1 is 1.08 bits per heavy atom. The first kappa shape index (κ1) is 32.8. The highest BCUT2D eigenvalue weighted by atomic mass is 19.1. The minimum Gasteiger partial charge on any atom is -0.462 e. The summed E-state index contributed by atoms with van der Waals surface area (Å²) in [5, 5.41) is 2.55. The Labute approximate surface area is 284 Å². The molecular formula is C38H50FN7O2. The van der Waals surface area contributed by atoms with Gasteiger partial charge in [0.25, 0.3) is 0 Å². The predicted octanol–water partition coefficient (Wildman–Crippen LogP) is 5.00. The van der Waals surface area contributed by atoms with Crippen LogP contribution in [0.2, 0.25) is 0 Å². The topological polar surface area (TPSA) is 68.3 Å². The SMILES string of the molecule is CC[C@]1(C)CN(c2nc(OC[C@@H]3CCCN3C)nc3c2CCN(c2cccc4cccc(C)c24)C3)CCN1C(=O)/C=C/CN1CC(F)C1. The van der Waals surface area contributed by atoms with Crippen molar-refractivity contribution < 1.29 is 13.9 Å². The van der Waals surface area contributed by atoms with Gasteiger partial charge in [-0.1, -0.05) is 43.3 Å². The van der Waals surface area contributed by atoms with Crippen molar-refractivity contribution in [1.29, 1.82) is 0 Å². The van der Waals surface area contributed by atoms with Crippen LogP contribution in [0.5, 0.6) is 6.01 Å². The summed E-state index contributed by atoms with van der Waals surface area (Å²) in [7, 11) is 2.16. The summed E-state index contributed by atoms with van der Waals surface area (Å²) in [6.07, 6.45) is 6.78. The number of likely N-dealkylation sites (tertiary alicyclic amines) is 2. The number of amides is 1. The molecule has 0 aliphatic carbocycles. The third kappa shape index (κ3) is 6.49. The van der Waals surface area contributed by atoms with Gasteiger partial charge in [0.1, 0.15) is 18.6 Å². The van der Waals surface area contributed by atoms with Gasteiger partial charge >= 0.3 is 6.01 Å². The Kier molecular flexibility index (Phi) is 9.30. The lowest BCUT2D eigenvalue weighted by Gasteiger charge is -2.49. The monoisotopic (exact) mass is 655 g/mol. The van der Waals surface area contributed by atoms with E-state index in [0.717, 1.165) is 43.9 Å². The number of halogens is 1. The van der Waals surface area contributed by atoms with Crippen molar-refractivity contribution in [3.8, 4) is 6.01 Å². The van der Waals surface area contributed by atoms with E-state index in [0.29, 0.717) is 64.5 Å². The van der Waals surface area contributed by atoms with E-state index in [2.05, 4.69) is 78.9 Å². The van der Waals surface area contributed by atoms with Crippen LogP contribution in [0.4, 0.5) is 15.9 Å². The summed E-state index contributed by atoms with van der Waals surface area (Å²) in [5.41, 5.74) is 4.36. The number of aryl methyl sites for hydroxylation is 1. The molecule has 48 heavy (non-hydrogen) atoms. The normalized spacial score (nSPS) is 24.0. The Balaban J connectivity index is 1.15. The van der Waals surface area contributed by atoms with E-state index in [1.54, 1.807) is 6.08 Å². The van der Waals surface area contributed by atoms with Gasteiger partial charge in [-0.3, -0.25) is 9.69 Å². The van der Waals surface area contributed by atoms with Gasteiger partial charge in [0.05, 0.1) is 17.8 Å². The molecule has 7 rings (SSSR count). The smallest absolute Gasteiger partial charge is 0.318 e. The van der Waals surface area contributed by atoms with E-state index in [-0.39, 0.29) is 11.4 Å². The van der Waals surface area contributed by atoms with Crippen LogP contribution in [0.25, 0.3) is 10.8 Å². The van der Waals surface area contributed by atoms with Crippen LogP contribution in [0.1, 0.15) is 49.9 Å². The number of fused-ring (bicyclic) bond motifs is 2. The van der Waals surface area contributed by atoms with Crippen LogP contribution in [-0.4, -0.2) is 114 Å². The molecule has 9 nitrogen and oxygen atoms in total. The molecule has 3 fully saturated rings. The second kappa shape index (κ2) is 13.6. The highest BCUT2D eigenvalue weighted by Gasteiger charge is 2.40. The number of alkyl halides is 1. The van der Waals surface area contributed by atoms with E-state index in [4.69, 9.17) is 14.7 Å². The lowest BCUT2D eigenvalue weighted by Crippen LogP contribution is -2.62. The zero-order chi connectivity index (χ0) is 33.4. The number of ether oxygens (including phenoxy) is 1. The molecule has 2 atom stereocenters. The zero-order valence-electron chi connectivity index (χ0n) is 29.0. The molecule has 4 aliphatic heterocycles. The summed E-state index contributed by atoms with van der Waals surface area (Å²) >= 11 is 0. The van der Waals surface area contributed by atoms with Crippen LogP contribution in [0, 0.1) is 6.92 Å². The first-order valence-corrected chi connectivity index (χ1v) is 17.8. The van der Waals surface area contributed by atoms with Gasteiger partial charge in [-0.05, 0) is 70.1 Å². The molecule has 0 N–H and O–H groups in total. The second-order valence-corrected chi connectivity index (χ2v) is 14.4. The third-order valence-electron chi connectivity index (χ3n) is 11.2. The van der Waals surface area contributed by atoms with Crippen LogP contribution in [0.15, 0.2) is 48.6 Å². The Bertz CT molecular complexity index is 1670. The number of hydrogen-bond donors (Lipinski definition) is 0. The quantitative estimate of drug-likeness (QED) is 0.299. The van der Waals surface area contributed by atoms with Crippen LogP contribution >= 0.6 is 0 Å². The molecule has 0 bridgehead atoms. The molecule has 2 aromatic carbocycles. The van der Waals surface area contributed by atoms with Gasteiger partial charge in [-0.2, -0.15) is 9.97 Å². The molecule has 10 heteroatoms. The molecular weight excluding hydrogens is 605 g/mol. The predicted molar refractivity (Wildman–Crippen MR) is 190 cm³/mol. The van der Waals surface area contributed by atoms with Crippen molar-refractivity contribution in [1.82, 2.24) is 24.7 Å². The van der Waals surface area contributed by atoms with Crippen molar-refractivity contribution >= 4 is 28.2 Å². The minimum absolute atomic E-state index is 0.0202. The highest BCUT2D eigenvalue weighted by molar-refractivity contribution is 5.97. The van der Waals surface area contributed by atoms with Gasteiger partial charge in [0, 0.05) is 74.6 Å². The number of carbonyl (C=O) groups is 1. The van der Waals surface area contributed by atoms with Crippen molar-refractivity contribution in [2.45, 2.75) is 70.8 Å². The van der Waals surface area contributed by atoms with Crippen molar-refractivity contribution in [3.05, 3.63) is 65.4 Å². The number of benzene rings is 2. The Morgan fingerprint density at radius 3 is 2.65 bits per heavy atom. The van der Waals surface area contributed by atoms with E-state index in [1.807, 2.05) is 15.9 Å². The molecule has 3 saturated heterocycles. The maximum absolute atomic E-state index is 13.5. The van der Waals surface area contributed by atoms with E-state index in [1.165, 1.54) is 34.0 Å². The summed E-state index contributed by atoms with van der Waals surface area (Å²) in [6.45, 7) is 13.2. The molecule has 4 aliphatic rings. The van der Waals surface area contributed by atoms with Crippen LogP contribution in [0.3, 0.4) is 0 Å². The van der Waals surface area contributed by atoms with Gasteiger partial charge < -0.3 is 24.3 Å². The zero-order valence-corrected chi connectivity index (χ0v) is 29.0. The van der Waals surface area contributed by atoms with Crippen molar-refractivity contribution in [2.24, 2.45) is 0 Å². The second-order valence-electron chi connectivity index (χ2n) is 14.4. The van der Waals surface area contributed by atoms with E-state index in [9.17, 15) is 9.18 Å². The number of likely N-dealkylation sites (N-methyl/N-ethyl adjacent to an activating group) is 1. The highest BCUT2D eigenvalue weighted by Crippen LogP contribution is 2.37. The van der Waals surface area contributed by atoms with Crippen molar-refractivity contribution in [2.75, 3.05) is 75.8 Å². The molecule has 0 saturated carbocycles. The molecule has 3 aromatic rings. The summed E-state index contributed by atoms with van der Waals surface area (Å²) in [5.74, 6) is 0.969. The number of nitrogens with zero attached hydrogens (tertiary/aromatic N) is 7. The minimum atomic E-state index is -0.737. The average Bonchev–Trinajstić information content (AvgIpc) is 3.49. The van der Waals surface area contributed by atoms with Gasteiger partial charge in [-0.25, -0.2) is 4.39 Å². The number of hydrogen-bond acceptors (Lipinski definition) is 8. The lowest BCUT2D eigenvalue weighted by molar-refractivity contribution is -0.132. The number of carbonyl (C=O) groups excluding carboxylic acids is 1. The summed E-state index contributed by atoms with van der Waals surface area (Å²) < 4.78 is 19.6. The maximum Gasteiger partial charge on any atom is 0.318 e. The fourth-order valence-electron chi connectivity index (χ4n) is 8.02. The first-order valence-electron chi connectivity index (χ1n) is 17.8. The van der Waals surface area contributed by atoms with E-state index < -0.39 is 6.17 Å².